The lowest BCUT2D eigenvalue weighted by Crippen LogP contribution is -2.14. The van der Waals surface area contributed by atoms with Crippen molar-refractivity contribution >= 4 is 96.9 Å². The Balaban J connectivity index is 0.000000114. The molecule has 0 saturated heterocycles. The predicted octanol–water partition coefficient (Wildman–Crippen LogP) is 34.5. The summed E-state index contributed by atoms with van der Waals surface area (Å²) in [7, 11) is 0. The molecule has 12 nitrogen and oxygen atoms in total. The maximum Gasteiger partial charge on any atom is 0.238 e. The van der Waals surface area contributed by atoms with Crippen molar-refractivity contribution in [2.75, 3.05) is 0 Å². The zero-order valence-electron chi connectivity index (χ0n) is 80.5. The number of fused-ring (bicyclic) bond motifs is 24. The van der Waals surface area contributed by atoms with Crippen molar-refractivity contribution in [1.29, 1.82) is 0 Å². The summed E-state index contributed by atoms with van der Waals surface area (Å²) in [6.07, 6.45) is 0. The number of hydrogen-bond acceptors (Lipinski definition) is 10. The molecule has 3 aliphatic carbocycles. The van der Waals surface area contributed by atoms with Gasteiger partial charge in [0.1, 0.15) is 0 Å². The number of benzene rings is 19. The molecule has 0 unspecified atom stereocenters. The molecule has 147 heavy (non-hydrogen) atoms. The van der Waals surface area contributed by atoms with Gasteiger partial charge >= 0.3 is 0 Å². The first-order valence-corrected chi connectivity index (χ1v) is 50.3. The summed E-state index contributed by atoms with van der Waals surface area (Å²) in [5, 5.41) is 9.85. The van der Waals surface area contributed by atoms with Crippen LogP contribution >= 0.6 is 11.3 Å². The molecule has 3 aliphatic rings. The molecule has 29 rings (SSSR count). The molecule has 0 N–H and O–H groups in total. The minimum Gasteiger partial charge on any atom is -0.309 e. The van der Waals surface area contributed by atoms with Crippen LogP contribution in [-0.2, 0) is 16.2 Å². The lowest BCUT2D eigenvalue weighted by atomic mass is 9.82. The average molecular weight is 1910 g/mol. The summed E-state index contributed by atoms with van der Waals surface area (Å²) < 4.78 is 9.34. The highest BCUT2D eigenvalue weighted by Gasteiger charge is 2.42. The summed E-state index contributed by atoms with van der Waals surface area (Å²) >= 11 is 1.79. The quantitative estimate of drug-likeness (QED) is 0.117. The SMILES string of the molecule is C.C.CC1(C)c2ccccc2-c2c1ccc1c2c2ccc(-c3ccccc3)cc2n1-c1cccc(-c2nc(-c3ccccc3)nc(-c3ccccc3)n2)c1.CC1(C)c2ccccc2-c2c1ccc1c2c2ccc(-c3ccccc3)cc2n1-c1nc(-c2ccccc2)nc(-c2ccccc2)n1.CC1(C)c2ccccc2-c2c1ccc1c2c2ccccc2n1-c1nc(-c2ccccc2)nc(-c2cccc3c2sc2ccccc23)n1. The van der Waals surface area contributed by atoms with Gasteiger partial charge in [-0.3, -0.25) is 9.13 Å². The Morgan fingerprint density at radius 1 is 0.190 bits per heavy atom. The van der Waals surface area contributed by atoms with Gasteiger partial charge in [-0.2, -0.15) is 19.9 Å². The second-order valence-corrected chi connectivity index (χ2v) is 40.5. The lowest BCUT2D eigenvalue weighted by molar-refractivity contribution is 0.660. The van der Waals surface area contributed by atoms with E-state index in [0.29, 0.717) is 52.7 Å². The van der Waals surface area contributed by atoms with Gasteiger partial charge in [-0.1, -0.05) is 445 Å². The van der Waals surface area contributed by atoms with E-state index in [1.807, 2.05) is 115 Å². The number of rotatable bonds is 12. The van der Waals surface area contributed by atoms with Gasteiger partial charge in [0, 0.05) is 113 Å². The maximum absolute atomic E-state index is 5.31. The third-order valence-electron chi connectivity index (χ3n) is 30.0. The maximum atomic E-state index is 5.31. The van der Waals surface area contributed by atoms with Gasteiger partial charge in [0.15, 0.2) is 40.8 Å². The van der Waals surface area contributed by atoms with Crippen molar-refractivity contribution in [1.82, 2.24) is 58.6 Å². The van der Waals surface area contributed by atoms with Crippen LogP contribution in [0.4, 0.5) is 0 Å². The fourth-order valence-electron chi connectivity index (χ4n) is 23.0. The number of para-hydroxylation sites is 1. The molecular weight excluding hydrogens is 1810 g/mol. The van der Waals surface area contributed by atoms with E-state index in [-0.39, 0.29) is 31.1 Å². The number of nitrogens with zero attached hydrogens (tertiary/aromatic N) is 12. The van der Waals surface area contributed by atoms with E-state index < -0.39 is 0 Å². The topological polar surface area (TPSA) is 131 Å². The van der Waals surface area contributed by atoms with Crippen molar-refractivity contribution in [3.05, 3.63) is 482 Å². The summed E-state index contributed by atoms with van der Waals surface area (Å²) in [5.74, 6) is 5.76. The van der Waals surface area contributed by atoms with E-state index in [1.165, 1.54) is 141 Å². The van der Waals surface area contributed by atoms with E-state index in [2.05, 4.69) is 389 Å². The van der Waals surface area contributed by atoms with Crippen molar-refractivity contribution in [3.63, 3.8) is 0 Å². The molecular formula is C134H100N12S. The third-order valence-corrected chi connectivity index (χ3v) is 31.2. The van der Waals surface area contributed by atoms with E-state index in [1.54, 1.807) is 11.3 Å². The van der Waals surface area contributed by atoms with Gasteiger partial charge in [0.25, 0.3) is 0 Å². The molecule has 702 valence electrons. The second-order valence-electron chi connectivity index (χ2n) is 39.4. The Morgan fingerprint density at radius 2 is 0.490 bits per heavy atom. The van der Waals surface area contributed by atoms with Crippen LogP contribution in [0.25, 0.3) is 239 Å². The number of aromatic nitrogens is 12. The smallest absolute Gasteiger partial charge is 0.238 e. The van der Waals surface area contributed by atoms with E-state index in [4.69, 9.17) is 44.9 Å². The molecule has 0 bridgehead atoms. The van der Waals surface area contributed by atoms with Crippen LogP contribution in [0.2, 0.25) is 0 Å². The Morgan fingerprint density at radius 3 is 0.918 bits per heavy atom. The first kappa shape index (κ1) is 90.1. The minimum atomic E-state index is -0.105. The molecule has 26 aromatic rings. The molecule has 0 amide bonds. The fraction of sp³-hybridized carbons (Fsp3) is 0.0821. The number of thiophene rings is 1. The molecule has 13 heteroatoms. The van der Waals surface area contributed by atoms with Crippen molar-refractivity contribution in [2.45, 2.75) is 72.6 Å². The van der Waals surface area contributed by atoms with Crippen LogP contribution in [0.15, 0.2) is 449 Å². The van der Waals surface area contributed by atoms with Crippen LogP contribution in [0, 0.1) is 0 Å². The molecule has 0 fully saturated rings. The molecule has 0 radical (unpaired) electrons. The zero-order valence-corrected chi connectivity index (χ0v) is 81.3. The zero-order chi connectivity index (χ0) is 96.9. The summed E-state index contributed by atoms with van der Waals surface area (Å²) in [6.45, 7) is 14.0. The van der Waals surface area contributed by atoms with Crippen molar-refractivity contribution in [2.24, 2.45) is 0 Å². The molecule has 7 heterocycles. The van der Waals surface area contributed by atoms with Crippen molar-refractivity contribution < 1.29 is 0 Å². The molecule has 0 spiro atoms. The Labute approximate surface area is 857 Å². The van der Waals surface area contributed by atoms with Gasteiger partial charge in [0.2, 0.25) is 11.9 Å². The van der Waals surface area contributed by atoms with Crippen LogP contribution in [0.3, 0.4) is 0 Å². The second kappa shape index (κ2) is 35.7. The van der Waals surface area contributed by atoms with Gasteiger partial charge in [-0.15, -0.1) is 11.3 Å². The Bertz CT molecular complexity index is 9590. The minimum absolute atomic E-state index is 0. The van der Waals surface area contributed by atoms with Crippen LogP contribution < -0.4 is 0 Å². The molecule has 19 aromatic carbocycles. The average Bonchev–Trinajstić information content (AvgIpc) is 1.54. The highest BCUT2D eigenvalue weighted by Crippen LogP contribution is 2.58. The van der Waals surface area contributed by atoms with E-state index in [9.17, 15) is 0 Å². The Hall–Kier alpha value is -18.2. The third kappa shape index (κ3) is 14.8. The standard InChI is InChI=1S/C48H34N4.C42H28N4S.C42H30N4.2CH4/c1-48(2)39-24-13-12-23-37(39)43-40(48)27-28-41-44(43)38-26-25-34(31-15-6-3-7-16-31)30-42(38)52(41)36-22-14-21-35(29-36)47-50-45(32-17-8-4-9-18-32)49-46(51-47)33-19-10-5-11-20-33;1-42(2)31-20-9-6-16-28(31)36-32(42)23-24-34-37(36)29-17-7-10-21-33(29)46(34)41-44-39(25-13-4-3-5-14-25)43-40(45-41)30-19-12-18-27-26-15-8-11-22-35(26)47-38(27)30;1-42(2)33-21-13-12-20-31(33)37-34(42)24-25-35-38(37)32-23-22-30(27-14-6-3-7-15-27)26-36(32)46(35)41-44-39(28-16-8-4-9-17-28)43-40(45-41)29-18-10-5-11-19-29;;/h3-30H,1-2H3;3-24H,1-2H3;3-26H,1-2H3;2*1H4. The molecule has 0 saturated carbocycles. The summed E-state index contributed by atoms with van der Waals surface area (Å²) in [5.41, 5.74) is 34.8. The van der Waals surface area contributed by atoms with Crippen molar-refractivity contribution in [3.8, 4) is 153 Å². The largest absolute Gasteiger partial charge is 0.309 e. The molecule has 0 atom stereocenters. The van der Waals surface area contributed by atoms with Gasteiger partial charge in [0.05, 0.1) is 33.1 Å². The fourth-order valence-corrected chi connectivity index (χ4v) is 24.2. The Kier molecular flexibility index (Phi) is 21.9. The van der Waals surface area contributed by atoms with E-state index >= 15 is 0 Å². The molecule has 7 aromatic heterocycles. The number of hydrogen-bond donors (Lipinski definition) is 0. The summed E-state index contributed by atoms with van der Waals surface area (Å²) in [6, 6.07) is 159. The normalized spacial score (nSPS) is 13.0. The van der Waals surface area contributed by atoms with Gasteiger partial charge in [-0.25, -0.2) is 24.9 Å². The van der Waals surface area contributed by atoms with Gasteiger partial charge < -0.3 is 4.57 Å². The van der Waals surface area contributed by atoms with Crippen LogP contribution in [0.1, 0.15) is 89.8 Å². The van der Waals surface area contributed by atoms with Crippen LogP contribution in [-0.4, -0.2) is 58.6 Å². The monoisotopic (exact) mass is 1910 g/mol. The highest BCUT2D eigenvalue weighted by molar-refractivity contribution is 7.26. The first-order chi connectivity index (χ1) is 71.2. The predicted molar refractivity (Wildman–Crippen MR) is 610 cm³/mol. The molecule has 0 aliphatic heterocycles. The first-order valence-electron chi connectivity index (χ1n) is 49.5. The highest BCUT2D eigenvalue weighted by atomic mass is 32.1. The van der Waals surface area contributed by atoms with Crippen LogP contribution in [0.5, 0.6) is 0 Å². The lowest BCUT2D eigenvalue weighted by Gasteiger charge is -2.21. The summed E-state index contributed by atoms with van der Waals surface area (Å²) in [4.78, 5) is 46.0. The van der Waals surface area contributed by atoms with Gasteiger partial charge in [-0.05, 0) is 150 Å². The van der Waals surface area contributed by atoms with E-state index in [0.717, 1.165) is 77.8 Å².